The summed E-state index contributed by atoms with van der Waals surface area (Å²) in [5.41, 5.74) is 0. The molecule has 0 spiro atoms. The zero-order valence-electron chi connectivity index (χ0n) is 9.76. The minimum absolute atomic E-state index is 0.853. The van der Waals surface area contributed by atoms with Gasteiger partial charge in [-0.05, 0) is 43.6 Å². The third kappa shape index (κ3) is 1.98. The Bertz CT molecular complexity index is 174. The van der Waals surface area contributed by atoms with Gasteiger partial charge in [0.05, 0.1) is 0 Å². The van der Waals surface area contributed by atoms with E-state index < -0.39 is 0 Å². The van der Waals surface area contributed by atoms with Crippen LogP contribution in [-0.2, 0) is 0 Å². The van der Waals surface area contributed by atoms with Crippen LogP contribution in [0.2, 0.25) is 0 Å². The zero-order chi connectivity index (χ0) is 9.97. The van der Waals surface area contributed by atoms with Gasteiger partial charge in [0.15, 0.2) is 0 Å². The van der Waals surface area contributed by atoms with Crippen molar-refractivity contribution in [1.82, 2.24) is 5.32 Å². The minimum atomic E-state index is 0.853. The molecule has 2 aliphatic carbocycles. The van der Waals surface area contributed by atoms with Gasteiger partial charge in [-0.1, -0.05) is 33.1 Å². The molecule has 1 heteroatoms. The Balaban J connectivity index is 1.93. The normalized spacial score (nSPS) is 35.6. The minimum Gasteiger partial charge on any atom is -0.314 e. The van der Waals surface area contributed by atoms with Gasteiger partial charge in [-0.2, -0.15) is 0 Å². The van der Waals surface area contributed by atoms with Gasteiger partial charge in [0, 0.05) is 6.04 Å². The van der Waals surface area contributed by atoms with Crippen LogP contribution in [0.5, 0.6) is 0 Å². The van der Waals surface area contributed by atoms with E-state index in [1.807, 2.05) is 0 Å². The Labute approximate surface area is 88.7 Å². The summed E-state index contributed by atoms with van der Waals surface area (Å²) in [5, 5.41) is 3.76. The van der Waals surface area contributed by atoms with Crippen molar-refractivity contribution in [3.8, 4) is 0 Å². The Kier molecular flexibility index (Phi) is 3.48. The van der Waals surface area contributed by atoms with E-state index in [2.05, 4.69) is 19.2 Å². The fourth-order valence-electron chi connectivity index (χ4n) is 3.41. The predicted molar refractivity (Wildman–Crippen MR) is 61.3 cm³/mol. The van der Waals surface area contributed by atoms with E-state index in [0.717, 1.165) is 30.3 Å². The summed E-state index contributed by atoms with van der Waals surface area (Å²) in [4.78, 5) is 0. The second kappa shape index (κ2) is 4.65. The quantitative estimate of drug-likeness (QED) is 0.726. The van der Waals surface area contributed by atoms with Crippen molar-refractivity contribution in [2.45, 2.75) is 58.4 Å². The summed E-state index contributed by atoms with van der Waals surface area (Å²) in [6.07, 6.45) is 8.88. The highest BCUT2D eigenvalue weighted by molar-refractivity contribution is 4.91. The van der Waals surface area contributed by atoms with Crippen molar-refractivity contribution < 1.29 is 0 Å². The number of hydrogen-bond acceptors (Lipinski definition) is 1. The summed E-state index contributed by atoms with van der Waals surface area (Å²) in [5.74, 6) is 2.97. The molecule has 0 heterocycles. The molecule has 14 heavy (non-hydrogen) atoms. The van der Waals surface area contributed by atoms with E-state index in [1.165, 1.54) is 38.5 Å². The van der Waals surface area contributed by atoms with Crippen LogP contribution in [0.25, 0.3) is 0 Å². The van der Waals surface area contributed by atoms with Crippen molar-refractivity contribution in [1.29, 1.82) is 0 Å². The van der Waals surface area contributed by atoms with Gasteiger partial charge in [-0.3, -0.25) is 0 Å². The molecule has 2 rings (SSSR count). The van der Waals surface area contributed by atoms with Crippen molar-refractivity contribution in [2.75, 3.05) is 6.54 Å². The molecule has 0 amide bonds. The lowest BCUT2D eigenvalue weighted by Gasteiger charge is -2.39. The molecule has 2 aliphatic rings. The molecule has 82 valence electrons. The van der Waals surface area contributed by atoms with Crippen molar-refractivity contribution >= 4 is 0 Å². The first-order valence-corrected chi connectivity index (χ1v) is 6.56. The highest BCUT2D eigenvalue weighted by Crippen LogP contribution is 2.41. The van der Waals surface area contributed by atoms with Crippen LogP contribution in [0, 0.1) is 17.8 Å². The van der Waals surface area contributed by atoms with Crippen LogP contribution >= 0.6 is 0 Å². The monoisotopic (exact) mass is 195 g/mol. The Morgan fingerprint density at radius 2 is 1.86 bits per heavy atom. The lowest BCUT2D eigenvalue weighted by Crippen LogP contribution is -2.45. The fourth-order valence-corrected chi connectivity index (χ4v) is 3.41. The average Bonchev–Trinajstić information content (AvgIpc) is 2.47. The predicted octanol–water partition coefficient (Wildman–Crippen LogP) is 3.20. The van der Waals surface area contributed by atoms with E-state index in [0.29, 0.717) is 0 Å². The first-order valence-electron chi connectivity index (χ1n) is 6.56. The summed E-state index contributed by atoms with van der Waals surface area (Å²) in [6.45, 7) is 5.87. The van der Waals surface area contributed by atoms with Crippen LogP contribution in [0.3, 0.4) is 0 Å². The molecule has 0 aromatic heterocycles. The van der Waals surface area contributed by atoms with Crippen molar-refractivity contribution in [2.24, 2.45) is 17.8 Å². The molecule has 1 nitrogen and oxygen atoms in total. The molecule has 1 N–H and O–H groups in total. The molecule has 0 bridgehead atoms. The molecule has 2 fully saturated rings. The van der Waals surface area contributed by atoms with Gasteiger partial charge in [0.25, 0.3) is 0 Å². The molecule has 2 saturated carbocycles. The second-order valence-corrected chi connectivity index (χ2v) is 5.35. The maximum Gasteiger partial charge on any atom is 0.0126 e. The Morgan fingerprint density at radius 3 is 2.29 bits per heavy atom. The van der Waals surface area contributed by atoms with Gasteiger partial charge >= 0.3 is 0 Å². The molecular weight excluding hydrogens is 170 g/mol. The van der Waals surface area contributed by atoms with Crippen LogP contribution < -0.4 is 5.32 Å². The van der Waals surface area contributed by atoms with Gasteiger partial charge < -0.3 is 5.32 Å². The van der Waals surface area contributed by atoms with Crippen molar-refractivity contribution in [3.05, 3.63) is 0 Å². The van der Waals surface area contributed by atoms with E-state index in [9.17, 15) is 0 Å². The van der Waals surface area contributed by atoms with E-state index in [4.69, 9.17) is 0 Å². The summed E-state index contributed by atoms with van der Waals surface area (Å²) in [7, 11) is 0. The highest BCUT2D eigenvalue weighted by atomic mass is 14.9. The zero-order valence-corrected chi connectivity index (χ0v) is 9.76. The third-order valence-electron chi connectivity index (χ3n) is 4.49. The number of rotatable bonds is 4. The first kappa shape index (κ1) is 10.5. The smallest absolute Gasteiger partial charge is 0.0126 e. The maximum absolute atomic E-state index is 3.76. The lowest BCUT2D eigenvalue weighted by molar-refractivity contribution is 0.155. The summed E-state index contributed by atoms with van der Waals surface area (Å²) >= 11 is 0. The standard InChI is InChI=1S/C13H25N/c1-3-14-13(11-7-5-8-11)12-9-4-6-10(12)2/h10-14H,3-9H2,1-2H3. The second-order valence-electron chi connectivity index (χ2n) is 5.35. The number of nitrogens with one attached hydrogen (secondary N) is 1. The molecule has 0 radical (unpaired) electrons. The van der Waals surface area contributed by atoms with Gasteiger partial charge in [0.1, 0.15) is 0 Å². The first-order chi connectivity index (χ1) is 6.83. The van der Waals surface area contributed by atoms with E-state index in [1.54, 1.807) is 0 Å². The fraction of sp³-hybridized carbons (Fsp3) is 1.00. The maximum atomic E-state index is 3.76. The van der Waals surface area contributed by atoms with Crippen LogP contribution in [0.15, 0.2) is 0 Å². The van der Waals surface area contributed by atoms with E-state index >= 15 is 0 Å². The van der Waals surface area contributed by atoms with Gasteiger partial charge in [-0.15, -0.1) is 0 Å². The summed E-state index contributed by atoms with van der Waals surface area (Å²) in [6, 6.07) is 0.853. The van der Waals surface area contributed by atoms with Gasteiger partial charge in [-0.25, -0.2) is 0 Å². The Hall–Kier alpha value is -0.0400. The molecule has 0 aromatic rings. The lowest BCUT2D eigenvalue weighted by atomic mass is 9.72. The van der Waals surface area contributed by atoms with Crippen LogP contribution in [0.4, 0.5) is 0 Å². The van der Waals surface area contributed by atoms with Crippen molar-refractivity contribution in [3.63, 3.8) is 0 Å². The molecular formula is C13H25N. The summed E-state index contributed by atoms with van der Waals surface area (Å²) < 4.78 is 0. The van der Waals surface area contributed by atoms with E-state index in [-0.39, 0.29) is 0 Å². The molecule has 0 aromatic carbocycles. The molecule has 3 unspecified atom stereocenters. The largest absolute Gasteiger partial charge is 0.314 e. The molecule has 0 saturated heterocycles. The van der Waals surface area contributed by atoms with Crippen LogP contribution in [0.1, 0.15) is 52.4 Å². The third-order valence-corrected chi connectivity index (χ3v) is 4.49. The SMILES string of the molecule is CCNC(C1CCC1)C1CCCC1C. The molecule has 3 atom stereocenters. The average molecular weight is 195 g/mol. The Morgan fingerprint density at radius 1 is 1.14 bits per heavy atom. The highest BCUT2D eigenvalue weighted by Gasteiger charge is 2.37. The van der Waals surface area contributed by atoms with Gasteiger partial charge in [0.2, 0.25) is 0 Å². The van der Waals surface area contributed by atoms with Crippen LogP contribution in [-0.4, -0.2) is 12.6 Å². The molecule has 0 aliphatic heterocycles. The topological polar surface area (TPSA) is 12.0 Å². The number of hydrogen-bond donors (Lipinski definition) is 1.